The maximum absolute atomic E-state index is 13.7. The number of hydrogen-bond donors (Lipinski definition) is 3. The SMILES string of the molecule is O=C(NC1CCCc2c1[nH]c1ccc(F)cc21)c1n[nH]c2c1CCCCC2. The summed E-state index contributed by atoms with van der Waals surface area (Å²) in [6, 6.07) is 4.74. The van der Waals surface area contributed by atoms with E-state index in [2.05, 4.69) is 20.5 Å². The molecular weight excluding hydrogens is 343 g/mol. The van der Waals surface area contributed by atoms with Gasteiger partial charge in [0.2, 0.25) is 0 Å². The van der Waals surface area contributed by atoms with Gasteiger partial charge in [-0.25, -0.2) is 4.39 Å². The fourth-order valence-corrected chi connectivity index (χ4v) is 4.65. The van der Waals surface area contributed by atoms with Crippen molar-refractivity contribution >= 4 is 16.8 Å². The van der Waals surface area contributed by atoms with Gasteiger partial charge in [-0.2, -0.15) is 5.10 Å². The minimum atomic E-state index is -0.227. The summed E-state index contributed by atoms with van der Waals surface area (Å²) in [7, 11) is 0. The lowest BCUT2D eigenvalue weighted by molar-refractivity contribution is 0.0926. The van der Waals surface area contributed by atoms with E-state index in [1.807, 2.05) is 0 Å². The maximum Gasteiger partial charge on any atom is 0.272 e. The molecule has 3 aromatic rings. The Kier molecular flexibility index (Phi) is 3.99. The molecule has 1 atom stereocenters. The predicted octanol–water partition coefficient (Wildman–Crippen LogP) is 4.11. The number of rotatable bonds is 2. The number of fused-ring (bicyclic) bond motifs is 4. The molecule has 6 heteroatoms. The molecular formula is C21H23FN4O. The molecule has 5 nitrogen and oxygen atoms in total. The van der Waals surface area contributed by atoms with Gasteiger partial charge in [-0.1, -0.05) is 6.42 Å². The molecule has 0 saturated carbocycles. The van der Waals surface area contributed by atoms with E-state index in [4.69, 9.17) is 0 Å². The number of hydrogen-bond acceptors (Lipinski definition) is 2. The quantitative estimate of drug-likeness (QED) is 0.597. The normalized spacial score (nSPS) is 19.4. The van der Waals surface area contributed by atoms with Gasteiger partial charge in [-0.05, 0) is 68.7 Å². The Labute approximate surface area is 156 Å². The number of H-pyrrole nitrogens is 2. The van der Waals surface area contributed by atoms with Gasteiger partial charge in [0.1, 0.15) is 5.82 Å². The highest BCUT2D eigenvalue weighted by molar-refractivity contribution is 5.94. The van der Waals surface area contributed by atoms with Crippen molar-refractivity contribution in [3.63, 3.8) is 0 Å². The third kappa shape index (κ3) is 2.83. The van der Waals surface area contributed by atoms with Crippen LogP contribution in [-0.4, -0.2) is 21.1 Å². The number of carbonyl (C=O) groups excluding carboxylic acids is 1. The van der Waals surface area contributed by atoms with Crippen molar-refractivity contribution in [3.8, 4) is 0 Å². The lowest BCUT2D eigenvalue weighted by Crippen LogP contribution is -2.32. The lowest BCUT2D eigenvalue weighted by Gasteiger charge is -2.23. The zero-order valence-electron chi connectivity index (χ0n) is 15.2. The van der Waals surface area contributed by atoms with Gasteiger partial charge in [-0.15, -0.1) is 0 Å². The standard InChI is InChI=1S/C21H23FN4O/c22-12-9-10-16-15(11-12)13-6-4-8-18(19(13)23-16)24-21(27)20-14-5-2-1-3-7-17(14)25-26-20/h9-11,18,23H,1-8H2,(H,24,27)(H,25,26). The van der Waals surface area contributed by atoms with Crippen LogP contribution in [0.2, 0.25) is 0 Å². The minimum absolute atomic E-state index is 0.0881. The Balaban J connectivity index is 1.45. The molecule has 0 fully saturated rings. The Morgan fingerprint density at radius 3 is 2.89 bits per heavy atom. The van der Waals surface area contributed by atoms with Crippen LogP contribution in [0.3, 0.4) is 0 Å². The van der Waals surface area contributed by atoms with Gasteiger partial charge >= 0.3 is 0 Å². The van der Waals surface area contributed by atoms with Crippen molar-refractivity contribution in [1.29, 1.82) is 0 Å². The van der Waals surface area contributed by atoms with E-state index < -0.39 is 0 Å². The molecule has 0 spiro atoms. The first-order valence-electron chi connectivity index (χ1n) is 9.87. The molecule has 0 saturated heterocycles. The van der Waals surface area contributed by atoms with Gasteiger partial charge in [-0.3, -0.25) is 9.89 Å². The van der Waals surface area contributed by atoms with Crippen molar-refractivity contribution < 1.29 is 9.18 Å². The van der Waals surface area contributed by atoms with E-state index in [0.717, 1.165) is 78.4 Å². The molecule has 0 aliphatic heterocycles. The molecule has 27 heavy (non-hydrogen) atoms. The second-order valence-corrected chi connectivity index (χ2v) is 7.72. The van der Waals surface area contributed by atoms with Gasteiger partial charge in [0.15, 0.2) is 5.69 Å². The monoisotopic (exact) mass is 366 g/mol. The fourth-order valence-electron chi connectivity index (χ4n) is 4.65. The number of nitrogens with one attached hydrogen (secondary N) is 3. The van der Waals surface area contributed by atoms with Crippen molar-refractivity contribution in [2.75, 3.05) is 0 Å². The first-order valence-corrected chi connectivity index (χ1v) is 9.87. The Bertz CT molecular complexity index is 1020. The van der Waals surface area contributed by atoms with Crippen LogP contribution in [0.4, 0.5) is 4.39 Å². The van der Waals surface area contributed by atoms with E-state index in [9.17, 15) is 9.18 Å². The van der Waals surface area contributed by atoms with Crippen LogP contribution in [0, 0.1) is 5.82 Å². The smallest absolute Gasteiger partial charge is 0.272 e. The molecule has 3 N–H and O–H groups in total. The summed E-state index contributed by atoms with van der Waals surface area (Å²) in [5.41, 5.74) is 5.80. The van der Waals surface area contributed by atoms with Crippen molar-refractivity contribution in [2.24, 2.45) is 0 Å². The van der Waals surface area contributed by atoms with E-state index in [1.165, 1.54) is 12.5 Å². The lowest BCUT2D eigenvalue weighted by atomic mass is 9.91. The van der Waals surface area contributed by atoms with Crippen LogP contribution in [-0.2, 0) is 19.3 Å². The summed E-state index contributed by atoms with van der Waals surface area (Å²) in [4.78, 5) is 16.4. The molecule has 1 unspecified atom stereocenters. The number of halogens is 1. The van der Waals surface area contributed by atoms with Gasteiger partial charge < -0.3 is 10.3 Å². The van der Waals surface area contributed by atoms with Gasteiger partial charge in [0.25, 0.3) is 5.91 Å². The van der Waals surface area contributed by atoms with Crippen LogP contribution in [0.25, 0.3) is 10.9 Å². The highest BCUT2D eigenvalue weighted by Crippen LogP contribution is 2.35. The van der Waals surface area contributed by atoms with Crippen LogP contribution in [0.1, 0.15) is 71.1 Å². The predicted molar refractivity (Wildman–Crippen MR) is 101 cm³/mol. The summed E-state index contributed by atoms with van der Waals surface area (Å²) in [5, 5.41) is 11.5. The first kappa shape index (κ1) is 16.5. The second kappa shape index (κ2) is 6.51. The molecule has 0 bridgehead atoms. The molecule has 2 aliphatic rings. The third-order valence-corrected chi connectivity index (χ3v) is 6.00. The largest absolute Gasteiger partial charge is 0.356 e. The first-order chi connectivity index (χ1) is 13.2. The summed E-state index contributed by atoms with van der Waals surface area (Å²) >= 11 is 0. The average Bonchev–Trinajstić information content (AvgIpc) is 3.16. The third-order valence-electron chi connectivity index (χ3n) is 6.00. The highest BCUT2D eigenvalue weighted by Gasteiger charge is 2.28. The number of nitrogens with zero attached hydrogens (tertiary/aromatic N) is 1. The van der Waals surface area contributed by atoms with E-state index in [-0.39, 0.29) is 17.8 Å². The fraction of sp³-hybridized carbons (Fsp3) is 0.429. The van der Waals surface area contributed by atoms with Crippen molar-refractivity contribution in [2.45, 2.75) is 57.4 Å². The number of aromatic nitrogens is 3. The topological polar surface area (TPSA) is 73.6 Å². The Morgan fingerprint density at radius 1 is 1.11 bits per heavy atom. The van der Waals surface area contributed by atoms with E-state index in [1.54, 1.807) is 12.1 Å². The number of benzene rings is 1. The van der Waals surface area contributed by atoms with Crippen LogP contribution >= 0.6 is 0 Å². The zero-order valence-corrected chi connectivity index (χ0v) is 15.2. The Hall–Kier alpha value is -2.63. The highest BCUT2D eigenvalue weighted by atomic mass is 19.1. The molecule has 0 radical (unpaired) electrons. The molecule has 140 valence electrons. The number of amides is 1. The number of aromatic amines is 2. The van der Waals surface area contributed by atoms with Gasteiger partial charge in [0.05, 0.1) is 6.04 Å². The molecule has 5 rings (SSSR count). The summed E-state index contributed by atoms with van der Waals surface area (Å²) in [6.07, 6.45) is 8.08. The molecule has 2 heterocycles. The molecule has 2 aliphatic carbocycles. The van der Waals surface area contributed by atoms with Gasteiger partial charge in [0, 0.05) is 27.9 Å². The summed E-state index contributed by atoms with van der Waals surface area (Å²) in [5.74, 6) is -0.341. The van der Waals surface area contributed by atoms with Crippen LogP contribution < -0.4 is 5.32 Å². The van der Waals surface area contributed by atoms with E-state index >= 15 is 0 Å². The second-order valence-electron chi connectivity index (χ2n) is 7.72. The van der Waals surface area contributed by atoms with Crippen molar-refractivity contribution in [3.05, 3.63) is 52.2 Å². The number of aryl methyl sites for hydroxylation is 2. The Morgan fingerprint density at radius 2 is 1.96 bits per heavy atom. The minimum Gasteiger partial charge on any atom is -0.356 e. The van der Waals surface area contributed by atoms with E-state index in [0.29, 0.717) is 5.69 Å². The molecule has 1 aromatic carbocycles. The summed E-state index contributed by atoms with van der Waals surface area (Å²) < 4.78 is 13.7. The average molecular weight is 366 g/mol. The molecule has 2 aromatic heterocycles. The van der Waals surface area contributed by atoms with Crippen LogP contribution in [0.15, 0.2) is 18.2 Å². The number of carbonyl (C=O) groups is 1. The molecule has 1 amide bonds. The summed E-state index contributed by atoms with van der Waals surface area (Å²) in [6.45, 7) is 0. The maximum atomic E-state index is 13.7. The van der Waals surface area contributed by atoms with Crippen LogP contribution in [0.5, 0.6) is 0 Å². The van der Waals surface area contributed by atoms with Crippen molar-refractivity contribution in [1.82, 2.24) is 20.5 Å². The zero-order chi connectivity index (χ0) is 18.4.